The molecule has 2 aromatic heterocycles. The molecular formula is C14H9FN2O3S. The predicted molar refractivity (Wildman–Crippen MR) is 75.5 cm³/mol. The Kier molecular flexibility index (Phi) is 3.06. The van der Waals surface area contributed by atoms with Gasteiger partial charge in [0.05, 0.1) is 5.56 Å². The van der Waals surface area contributed by atoms with E-state index in [-0.39, 0.29) is 10.7 Å². The minimum atomic E-state index is -1.19. The number of aromatic nitrogens is 2. The van der Waals surface area contributed by atoms with Gasteiger partial charge in [-0.3, -0.25) is 4.79 Å². The summed E-state index contributed by atoms with van der Waals surface area (Å²) in [6, 6.07) is 4.13. The highest BCUT2D eigenvalue weighted by molar-refractivity contribution is 7.12. The second-order valence-corrected chi connectivity index (χ2v) is 5.35. The molecule has 3 rings (SSSR count). The van der Waals surface area contributed by atoms with Crippen molar-refractivity contribution in [3.8, 4) is 0 Å². The van der Waals surface area contributed by atoms with Crippen LogP contribution in [0.25, 0.3) is 10.9 Å². The molecule has 0 bridgehead atoms. The van der Waals surface area contributed by atoms with E-state index in [0.717, 1.165) is 11.3 Å². The molecule has 106 valence electrons. The third-order valence-corrected chi connectivity index (χ3v) is 3.93. The van der Waals surface area contributed by atoms with E-state index in [1.165, 1.54) is 17.5 Å². The summed E-state index contributed by atoms with van der Waals surface area (Å²) in [5, 5.41) is 10.7. The molecular weight excluding hydrogens is 295 g/mol. The highest BCUT2D eigenvalue weighted by Gasteiger charge is 2.22. The largest absolute Gasteiger partial charge is 0.476 e. The van der Waals surface area contributed by atoms with Crippen LogP contribution >= 0.6 is 11.3 Å². The zero-order valence-corrected chi connectivity index (χ0v) is 11.6. The van der Waals surface area contributed by atoms with E-state index >= 15 is 0 Å². The molecule has 0 saturated heterocycles. The molecule has 0 spiro atoms. The average Bonchev–Trinajstić information content (AvgIpc) is 3.02. The molecule has 2 N–H and O–H groups in total. The zero-order chi connectivity index (χ0) is 15.1. The van der Waals surface area contributed by atoms with Crippen LogP contribution in [0.2, 0.25) is 0 Å². The maximum Gasteiger partial charge on any atom is 0.355 e. The first-order valence-corrected chi connectivity index (χ1v) is 6.86. The molecule has 0 unspecified atom stereocenters. The van der Waals surface area contributed by atoms with Crippen LogP contribution in [0.15, 0.2) is 23.6 Å². The number of carbonyl (C=O) groups is 2. The van der Waals surface area contributed by atoms with Crippen molar-refractivity contribution in [2.45, 2.75) is 6.92 Å². The molecule has 0 aliphatic rings. The number of halogens is 1. The number of hydrogen-bond donors (Lipinski definition) is 2. The Bertz CT molecular complexity index is 882. The highest BCUT2D eigenvalue weighted by atomic mass is 32.1. The summed E-state index contributed by atoms with van der Waals surface area (Å²) in [7, 11) is 0. The summed E-state index contributed by atoms with van der Waals surface area (Å²) < 4.78 is 13.4. The molecule has 0 radical (unpaired) electrons. The summed E-state index contributed by atoms with van der Waals surface area (Å²) in [6.45, 7) is 1.71. The number of ketones is 1. The Morgan fingerprint density at radius 3 is 2.81 bits per heavy atom. The number of nitrogens with zero attached hydrogens (tertiary/aromatic N) is 1. The fourth-order valence-corrected chi connectivity index (χ4v) is 2.91. The fraction of sp³-hybridized carbons (Fsp3) is 0.0714. The first kappa shape index (κ1) is 13.4. The molecule has 0 atom stereocenters. The van der Waals surface area contributed by atoms with Gasteiger partial charge < -0.3 is 10.1 Å². The number of nitrogens with one attached hydrogen (secondary N) is 1. The lowest BCUT2D eigenvalue weighted by molar-refractivity contribution is 0.0691. The molecule has 5 nitrogen and oxygen atoms in total. The van der Waals surface area contributed by atoms with E-state index in [2.05, 4.69) is 9.97 Å². The number of aryl methyl sites for hydroxylation is 1. The van der Waals surface area contributed by atoms with Crippen LogP contribution in [-0.4, -0.2) is 26.8 Å². The van der Waals surface area contributed by atoms with Crippen molar-refractivity contribution in [2.75, 3.05) is 0 Å². The van der Waals surface area contributed by atoms with E-state index in [0.29, 0.717) is 22.2 Å². The first-order chi connectivity index (χ1) is 9.97. The van der Waals surface area contributed by atoms with Gasteiger partial charge in [-0.1, -0.05) is 0 Å². The van der Waals surface area contributed by atoms with Gasteiger partial charge in [0.1, 0.15) is 5.82 Å². The average molecular weight is 304 g/mol. The molecule has 0 fully saturated rings. The van der Waals surface area contributed by atoms with Crippen LogP contribution in [0.1, 0.15) is 31.5 Å². The Hall–Kier alpha value is -2.54. The van der Waals surface area contributed by atoms with Gasteiger partial charge in [-0.05, 0) is 25.1 Å². The molecule has 21 heavy (non-hydrogen) atoms. The Balaban J connectivity index is 2.14. The predicted octanol–water partition coefficient (Wildman–Crippen LogP) is 3.00. The van der Waals surface area contributed by atoms with Crippen LogP contribution < -0.4 is 0 Å². The van der Waals surface area contributed by atoms with Crippen molar-refractivity contribution in [1.82, 2.24) is 9.97 Å². The number of carbonyl (C=O) groups excluding carboxylic acids is 1. The number of rotatable bonds is 3. The summed E-state index contributed by atoms with van der Waals surface area (Å²) in [4.78, 5) is 30.1. The molecule has 7 heteroatoms. The maximum absolute atomic E-state index is 13.4. The first-order valence-electron chi connectivity index (χ1n) is 5.98. The van der Waals surface area contributed by atoms with Gasteiger partial charge in [-0.2, -0.15) is 0 Å². The third-order valence-electron chi connectivity index (χ3n) is 3.09. The molecule has 0 aliphatic carbocycles. The van der Waals surface area contributed by atoms with Crippen molar-refractivity contribution in [2.24, 2.45) is 0 Å². The monoisotopic (exact) mass is 304 g/mol. The SMILES string of the molecule is Cc1[nH]c2ccc(F)cc2c1C(=O)c1nc(C(=O)O)cs1. The number of benzene rings is 1. The number of fused-ring (bicyclic) bond motifs is 1. The second-order valence-electron chi connectivity index (χ2n) is 4.49. The van der Waals surface area contributed by atoms with Gasteiger partial charge in [0.2, 0.25) is 5.78 Å². The number of carboxylic acids is 1. The summed E-state index contributed by atoms with van der Waals surface area (Å²) >= 11 is 0.957. The molecule has 2 heterocycles. The number of hydrogen-bond acceptors (Lipinski definition) is 4. The van der Waals surface area contributed by atoms with E-state index in [1.54, 1.807) is 13.0 Å². The topological polar surface area (TPSA) is 83.0 Å². The molecule has 1 aromatic carbocycles. The van der Waals surface area contributed by atoms with E-state index < -0.39 is 17.6 Å². The molecule has 0 amide bonds. The molecule has 0 aliphatic heterocycles. The van der Waals surface area contributed by atoms with E-state index in [1.807, 2.05) is 0 Å². The van der Waals surface area contributed by atoms with Gasteiger partial charge >= 0.3 is 5.97 Å². The minimum absolute atomic E-state index is 0.0701. The van der Waals surface area contributed by atoms with Gasteiger partial charge in [0.25, 0.3) is 0 Å². The van der Waals surface area contributed by atoms with E-state index in [4.69, 9.17) is 5.11 Å². The second kappa shape index (κ2) is 4.78. The smallest absolute Gasteiger partial charge is 0.355 e. The van der Waals surface area contributed by atoms with Crippen LogP contribution in [0.4, 0.5) is 4.39 Å². The minimum Gasteiger partial charge on any atom is -0.476 e. The highest BCUT2D eigenvalue weighted by Crippen LogP contribution is 2.26. The van der Waals surface area contributed by atoms with Crippen LogP contribution in [0.5, 0.6) is 0 Å². The van der Waals surface area contributed by atoms with Crippen LogP contribution in [0.3, 0.4) is 0 Å². The third kappa shape index (κ3) is 2.21. The van der Waals surface area contributed by atoms with Crippen molar-refractivity contribution < 1.29 is 19.1 Å². The summed E-state index contributed by atoms with van der Waals surface area (Å²) in [6.07, 6.45) is 0. The van der Waals surface area contributed by atoms with Gasteiger partial charge in [0.15, 0.2) is 10.7 Å². The summed E-state index contributed by atoms with van der Waals surface area (Å²) in [5.74, 6) is -2.05. The Labute approximate surface area is 122 Å². The Morgan fingerprint density at radius 2 is 2.14 bits per heavy atom. The standard InChI is InChI=1S/C14H9FN2O3S/c1-6-11(8-4-7(15)2-3-9(8)16-6)12(18)13-17-10(5-21-13)14(19)20/h2-5,16H,1H3,(H,19,20). The Morgan fingerprint density at radius 1 is 1.38 bits per heavy atom. The van der Waals surface area contributed by atoms with Crippen molar-refractivity contribution in [1.29, 1.82) is 0 Å². The lowest BCUT2D eigenvalue weighted by atomic mass is 10.1. The molecule has 0 saturated carbocycles. The van der Waals surface area contributed by atoms with Gasteiger partial charge in [-0.25, -0.2) is 14.2 Å². The number of aromatic carboxylic acids is 1. The van der Waals surface area contributed by atoms with Crippen molar-refractivity contribution >= 4 is 34.0 Å². The number of H-pyrrole nitrogens is 1. The van der Waals surface area contributed by atoms with Crippen molar-refractivity contribution in [3.05, 3.63) is 51.4 Å². The number of aromatic amines is 1. The number of thiazole rings is 1. The lowest BCUT2D eigenvalue weighted by Crippen LogP contribution is -2.04. The fourth-order valence-electron chi connectivity index (χ4n) is 2.17. The zero-order valence-electron chi connectivity index (χ0n) is 10.8. The van der Waals surface area contributed by atoms with Crippen LogP contribution in [-0.2, 0) is 0 Å². The lowest BCUT2D eigenvalue weighted by Gasteiger charge is -1.97. The normalized spacial score (nSPS) is 11.0. The summed E-state index contributed by atoms with van der Waals surface area (Å²) in [5.41, 5.74) is 1.38. The maximum atomic E-state index is 13.4. The molecule has 3 aromatic rings. The van der Waals surface area contributed by atoms with Crippen molar-refractivity contribution in [3.63, 3.8) is 0 Å². The van der Waals surface area contributed by atoms with E-state index in [9.17, 15) is 14.0 Å². The van der Waals surface area contributed by atoms with Gasteiger partial charge in [-0.15, -0.1) is 11.3 Å². The number of carboxylic acid groups (broad SMARTS) is 1. The van der Waals surface area contributed by atoms with Gasteiger partial charge in [0, 0.05) is 22.0 Å². The quantitative estimate of drug-likeness (QED) is 0.729. The van der Waals surface area contributed by atoms with Crippen LogP contribution in [0, 0.1) is 12.7 Å².